The number of aliphatic carboxylic acids is 1. The van der Waals surface area contributed by atoms with E-state index in [1.165, 1.54) is 25.7 Å². The summed E-state index contributed by atoms with van der Waals surface area (Å²) in [6, 6.07) is 10.9. The number of methoxy groups -OCH3 is 1. The summed E-state index contributed by atoms with van der Waals surface area (Å²) >= 11 is 0. The Kier molecular flexibility index (Phi) is 5.79. The highest BCUT2D eigenvalue weighted by Gasteiger charge is 2.29. The molecule has 2 aliphatic rings. The molecule has 1 aliphatic heterocycles. The average Bonchev–Trinajstić information content (AvgIpc) is 3.38. The molecule has 0 atom stereocenters. The fourth-order valence-corrected chi connectivity index (χ4v) is 4.13. The molecule has 7 nitrogen and oxygen atoms in total. The minimum atomic E-state index is -0.952. The number of nitrogens with zero attached hydrogens (tertiary/aromatic N) is 1. The highest BCUT2D eigenvalue weighted by atomic mass is 16.5. The zero-order valence-electron chi connectivity index (χ0n) is 17.0. The number of carboxylic acid groups (broad SMARTS) is 1. The number of hydrogen-bond donors (Lipinski definition) is 2. The molecule has 2 aromatic carbocycles. The molecular weight excluding hydrogens is 384 g/mol. The van der Waals surface area contributed by atoms with Gasteiger partial charge in [-0.2, -0.15) is 0 Å². The molecule has 30 heavy (non-hydrogen) atoms. The minimum absolute atomic E-state index is 0.115. The van der Waals surface area contributed by atoms with E-state index in [0.29, 0.717) is 41.8 Å². The van der Waals surface area contributed by atoms with E-state index in [1.807, 2.05) is 24.3 Å². The maximum absolute atomic E-state index is 13.0. The van der Waals surface area contributed by atoms with Crippen LogP contribution < -0.4 is 19.7 Å². The number of fused-ring (bicyclic) bond motifs is 1. The molecule has 2 N–H and O–H groups in total. The van der Waals surface area contributed by atoms with Crippen molar-refractivity contribution in [2.24, 2.45) is 5.92 Å². The number of carbonyl (C=O) groups excluding carboxylic acids is 1. The summed E-state index contributed by atoms with van der Waals surface area (Å²) in [6.07, 6.45) is 4.91. The lowest BCUT2D eigenvalue weighted by atomic mass is 10.1. The van der Waals surface area contributed by atoms with Gasteiger partial charge in [0, 0.05) is 23.0 Å². The largest absolute Gasteiger partial charge is 0.493 e. The van der Waals surface area contributed by atoms with Crippen molar-refractivity contribution >= 4 is 23.3 Å². The van der Waals surface area contributed by atoms with Gasteiger partial charge in [-0.1, -0.05) is 18.9 Å². The van der Waals surface area contributed by atoms with E-state index < -0.39 is 5.97 Å². The first-order chi connectivity index (χ1) is 14.5. The van der Waals surface area contributed by atoms with E-state index in [0.717, 1.165) is 11.3 Å². The summed E-state index contributed by atoms with van der Waals surface area (Å²) in [5, 5.41) is 11.6. The van der Waals surface area contributed by atoms with Crippen LogP contribution in [0.25, 0.3) is 0 Å². The van der Waals surface area contributed by atoms with E-state index in [1.54, 1.807) is 24.1 Å². The molecule has 0 radical (unpaired) electrons. The van der Waals surface area contributed by atoms with E-state index in [4.69, 9.17) is 14.6 Å². The molecule has 1 aliphatic carbocycles. The van der Waals surface area contributed by atoms with Crippen LogP contribution in [0, 0.1) is 5.92 Å². The van der Waals surface area contributed by atoms with Gasteiger partial charge in [0.25, 0.3) is 5.91 Å². The first-order valence-corrected chi connectivity index (χ1v) is 10.3. The average molecular weight is 410 g/mol. The Morgan fingerprint density at radius 2 is 1.97 bits per heavy atom. The van der Waals surface area contributed by atoms with Gasteiger partial charge in [0.1, 0.15) is 6.54 Å². The first-order valence-electron chi connectivity index (χ1n) is 10.3. The second kappa shape index (κ2) is 8.65. The highest BCUT2D eigenvalue weighted by Crippen LogP contribution is 2.37. The molecule has 0 aromatic heterocycles. The van der Waals surface area contributed by atoms with Crippen LogP contribution in [-0.4, -0.2) is 37.2 Å². The van der Waals surface area contributed by atoms with E-state index in [9.17, 15) is 9.59 Å². The Balaban J connectivity index is 1.52. The number of anilines is 2. The van der Waals surface area contributed by atoms with Gasteiger partial charge >= 0.3 is 5.97 Å². The SMILES string of the molecule is COc1ccc(N2Cc3ccc(NCC(=O)O)cc3C2=O)cc1OCC1CCCC1. The maximum atomic E-state index is 13.0. The number of rotatable bonds is 8. The molecule has 0 spiro atoms. The van der Waals surface area contributed by atoms with Gasteiger partial charge < -0.3 is 24.8 Å². The summed E-state index contributed by atoms with van der Waals surface area (Å²) in [5.41, 5.74) is 2.85. The van der Waals surface area contributed by atoms with E-state index in [-0.39, 0.29) is 12.5 Å². The second-order valence-corrected chi connectivity index (χ2v) is 7.81. The van der Waals surface area contributed by atoms with Crippen molar-refractivity contribution in [3.05, 3.63) is 47.5 Å². The zero-order valence-corrected chi connectivity index (χ0v) is 17.0. The second-order valence-electron chi connectivity index (χ2n) is 7.81. The Morgan fingerprint density at radius 3 is 2.70 bits per heavy atom. The molecule has 1 heterocycles. The minimum Gasteiger partial charge on any atom is -0.493 e. The van der Waals surface area contributed by atoms with Gasteiger partial charge in [0.2, 0.25) is 0 Å². The number of carbonyl (C=O) groups is 2. The topological polar surface area (TPSA) is 88.1 Å². The quantitative estimate of drug-likeness (QED) is 0.686. The first kappa shape index (κ1) is 20.1. The van der Waals surface area contributed by atoms with Gasteiger partial charge in [0.15, 0.2) is 11.5 Å². The number of carboxylic acids is 1. The summed E-state index contributed by atoms with van der Waals surface area (Å²) in [4.78, 5) is 25.5. The fourth-order valence-electron chi connectivity index (χ4n) is 4.13. The predicted octanol–water partition coefficient (Wildman–Crippen LogP) is 3.92. The van der Waals surface area contributed by atoms with Crippen molar-refractivity contribution in [1.82, 2.24) is 0 Å². The standard InChI is InChI=1S/C23H26N2O5/c1-29-20-9-8-18(11-21(20)30-14-15-4-2-3-5-15)25-13-16-6-7-17(24-12-22(26)27)10-19(16)23(25)28/h6-11,15,24H,2-5,12-14H2,1H3,(H,26,27). The Morgan fingerprint density at radius 1 is 1.17 bits per heavy atom. The molecule has 2 aromatic rings. The third kappa shape index (κ3) is 4.20. The van der Waals surface area contributed by atoms with Crippen LogP contribution in [0.1, 0.15) is 41.6 Å². The number of benzene rings is 2. The van der Waals surface area contributed by atoms with Crippen molar-refractivity contribution < 1.29 is 24.2 Å². The van der Waals surface area contributed by atoms with E-state index >= 15 is 0 Å². The van der Waals surface area contributed by atoms with Crippen LogP contribution in [0.4, 0.5) is 11.4 Å². The van der Waals surface area contributed by atoms with Crippen LogP contribution >= 0.6 is 0 Å². The fraction of sp³-hybridized carbons (Fsp3) is 0.391. The smallest absolute Gasteiger partial charge is 0.322 e. The molecule has 1 saturated carbocycles. The van der Waals surface area contributed by atoms with Crippen LogP contribution in [0.15, 0.2) is 36.4 Å². The summed E-state index contributed by atoms with van der Waals surface area (Å²) < 4.78 is 11.5. The monoisotopic (exact) mass is 410 g/mol. The molecular formula is C23H26N2O5. The zero-order chi connectivity index (χ0) is 21.1. The van der Waals surface area contributed by atoms with Crippen LogP contribution in [0.3, 0.4) is 0 Å². The van der Waals surface area contributed by atoms with Crippen molar-refractivity contribution in [1.29, 1.82) is 0 Å². The molecule has 4 rings (SSSR count). The molecule has 1 fully saturated rings. The van der Waals surface area contributed by atoms with Crippen molar-refractivity contribution in [3.63, 3.8) is 0 Å². The van der Waals surface area contributed by atoms with Gasteiger partial charge in [0.05, 0.1) is 20.3 Å². The Labute approximate surface area is 175 Å². The van der Waals surface area contributed by atoms with Gasteiger partial charge in [-0.3, -0.25) is 9.59 Å². The lowest BCUT2D eigenvalue weighted by molar-refractivity contribution is -0.134. The van der Waals surface area contributed by atoms with Crippen LogP contribution in [0.2, 0.25) is 0 Å². The molecule has 0 bridgehead atoms. The van der Waals surface area contributed by atoms with Crippen molar-refractivity contribution in [3.8, 4) is 11.5 Å². The van der Waals surface area contributed by atoms with Crippen molar-refractivity contribution in [2.75, 3.05) is 30.5 Å². The van der Waals surface area contributed by atoms with Crippen LogP contribution in [0.5, 0.6) is 11.5 Å². The lowest BCUT2D eigenvalue weighted by Crippen LogP contribution is -2.23. The Bertz CT molecular complexity index is 953. The molecule has 7 heteroatoms. The number of nitrogens with one attached hydrogen (secondary N) is 1. The molecule has 158 valence electrons. The normalized spacial score (nSPS) is 15.9. The summed E-state index contributed by atoms with van der Waals surface area (Å²) in [6.45, 7) is 0.922. The van der Waals surface area contributed by atoms with Crippen LogP contribution in [-0.2, 0) is 11.3 Å². The molecule has 1 amide bonds. The van der Waals surface area contributed by atoms with Gasteiger partial charge in [-0.15, -0.1) is 0 Å². The number of hydrogen-bond acceptors (Lipinski definition) is 5. The maximum Gasteiger partial charge on any atom is 0.322 e. The van der Waals surface area contributed by atoms with Gasteiger partial charge in [-0.05, 0) is 48.6 Å². The van der Waals surface area contributed by atoms with Crippen molar-refractivity contribution in [2.45, 2.75) is 32.2 Å². The number of amides is 1. The third-order valence-electron chi connectivity index (χ3n) is 5.77. The summed E-state index contributed by atoms with van der Waals surface area (Å²) in [7, 11) is 1.61. The third-order valence-corrected chi connectivity index (χ3v) is 5.77. The molecule has 0 saturated heterocycles. The number of ether oxygens (including phenoxy) is 2. The van der Waals surface area contributed by atoms with Gasteiger partial charge in [-0.25, -0.2) is 0 Å². The Hall–Kier alpha value is -3.22. The highest BCUT2D eigenvalue weighted by molar-refractivity contribution is 6.10. The van der Waals surface area contributed by atoms with E-state index in [2.05, 4.69) is 5.32 Å². The summed E-state index contributed by atoms with van der Waals surface area (Å²) in [5.74, 6) is 0.811. The lowest BCUT2D eigenvalue weighted by Gasteiger charge is -2.19. The predicted molar refractivity (Wildman–Crippen MR) is 114 cm³/mol. The molecule has 0 unspecified atom stereocenters.